The van der Waals surface area contributed by atoms with Gasteiger partial charge in [-0.05, 0) is 169 Å². The summed E-state index contributed by atoms with van der Waals surface area (Å²) in [6.45, 7) is 27.8. The van der Waals surface area contributed by atoms with Crippen LogP contribution in [0.3, 0.4) is 0 Å². The van der Waals surface area contributed by atoms with E-state index in [0.717, 1.165) is 77.2 Å². The molecule has 5 fully saturated rings. The van der Waals surface area contributed by atoms with E-state index in [-0.39, 0.29) is 39.1 Å². The fraction of sp³-hybridized carbons (Fsp3) is 0.889. The summed E-state index contributed by atoms with van der Waals surface area (Å²) in [5.74, 6) is 2.47. The summed E-state index contributed by atoms with van der Waals surface area (Å²) in [6, 6.07) is -0.478. The number of fused-ring (bicyclic) bond motifs is 7. The van der Waals surface area contributed by atoms with Crippen LogP contribution in [0.25, 0.3) is 0 Å². The van der Waals surface area contributed by atoms with Gasteiger partial charge in [0.05, 0.1) is 17.6 Å². The molecule has 302 valence electrons. The minimum Gasteiger partial charge on any atom is -0.444 e. The monoisotopic (exact) mass is 740 g/mol. The number of imide groups is 1. The van der Waals surface area contributed by atoms with Crippen molar-refractivity contribution in [1.29, 1.82) is 0 Å². The first-order chi connectivity index (χ1) is 24.6. The molecule has 8 nitrogen and oxygen atoms in total. The van der Waals surface area contributed by atoms with E-state index in [1.54, 1.807) is 27.7 Å². The zero-order chi connectivity index (χ0) is 39.2. The molecule has 11 atom stereocenters. The molecule has 0 aromatic carbocycles. The number of amides is 3. The minimum absolute atomic E-state index is 0.0383. The van der Waals surface area contributed by atoms with E-state index in [1.165, 1.54) is 31.3 Å². The second kappa shape index (κ2) is 15.5. The number of nitrogens with one attached hydrogen (secondary N) is 3. The summed E-state index contributed by atoms with van der Waals surface area (Å²) in [6.07, 6.45) is 15.4. The maximum atomic E-state index is 14.4. The lowest BCUT2D eigenvalue weighted by atomic mass is 9.32. The average molecular weight is 740 g/mol. The largest absolute Gasteiger partial charge is 0.444 e. The maximum absolute atomic E-state index is 14.4. The van der Waals surface area contributed by atoms with E-state index in [4.69, 9.17) is 4.74 Å². The highest BCUT2D eigenvalue weighted by Crippen LogP contribution is 2.77. The predicted molar refractivity (Wildman–Crippen MR) is 213 cm³/mol. The molecule has 5 aliphatic rings. The molecule has 53 heavy (non-hydrogen) atoms. The third-order valence-electron chi connectivity index (χ3n) is 16.6. The highest BCUT2D eigenvalue weighted by molar-refractivity contribution is 5.94. The number of aliphatic hydroxyl groups excluding tert-OH is 1. The highest BCUT2D eigenvalue weighted by Gasteiger charge is 2.71. The molecule has 0 aliphatic heterocycles. The Labute approximate surface area is 322 Å². The first kappa shape index (κ1) is 42.2. The number of hydrogen-bond acceptors (Lipinski definition) is 6. The van der Waals surface area contributed by atoms with Gasteiger partial charge in [-0.25, -0.2) is 4.79 Å². The van der Waals surface area contributed by atoms with Crippen molar-refractivity contribution < 1.29 is 24.2 Å². The molecule has 0 aromatic rings. The number of carbonyl (C=O) groups is 3. The molecule has 5 aliphatic carbocycles. The number of carbonyl (C=O) groups excluding carboxylic acids is 3. The number of aliphatic hydroxyl groups is 1. The Bertz CT molecular complexity index is 1370. The average Bonchev–Trinajstić information content (AvgIpc) is 3.46. The topological polar surface area (TPSA) is 117 Å². The summed E-state index contributed by atoms with van der Waals surface area (Å²) in [5.41, 5.74) is 0.997. The SMILES string of the molecule is C=C(C)[C@@H]1CC[C@]2(C(=O)NCCCCCCCN[C@@H](C)C(=O)NC(=O)OC(C)(C)C)CC[C@]3(C)[C@H](CC[C@@H]4[C@@]5(C)CC[C@H](O)C(C)(C)[C@@H]5CC[C@]43C)[C@@H]12. The van der Waals surface area contributed by atoms with Crippen LogP contribution in [0.2, 0.25) is 0 Å². The molecule has 5 rings (SSSR count). The van der Waals surface area contributed by atoms with Gasteiger partial charge in [-0.3, -0.25) is 14.9 Å². The Hall–Kier alpha value is -1.93. The van der Waals surface area contributed by atoms with Crippen LogP contribution < -0.4 is 16.0 Å². The van der Waals surface area contributed by atoms with Gasteiger partial charge in [0.2, 0.25) is 11.8 Å². The van der Waals surface area contributed by atoms with Gasteiger partial charge in [0, 0.05) is 6.54 Å². The van der Waals surface area contributed by atoms with E-state index in [9.17, 15) is 19.5 Å². The van der Waals surface area contributed by atoms with Crippen LogP contribution in [0, 0.1) is 56.7 Å². The number of ether oxygens (including phenoxy) is 1. The molecule has 3 amide bonds. The van der Waals surface area contributed by atoms with Crippen molar-refractivity contribution in [3.8, 4) is 0 Å². The maximum Gasteiger partial charge on any atom is 0.414 e. The zero-order valence-electron chi connectivity index (χ0n) is 35.3. The van der Waals surface area contributed by atoms with Gasteiger partial charge >= 0.3 is 6.09 Å². The van der Waals surface area contributed by atoms with Crippen molar-refractivity contribution in [2.75, 3.05) is 13.1 Å². The number of rotatable bonds is 12. The number of unbranched alkanes of at least 4 members (excludes halogenated alkanes) is 4. The van der Waals surface area contributed by atoms with Crippen molar-refractivity contribution in [2.45, 2.75) is 183 Å². The van der Waals surface area contributed by atoms with Crippen LogP contribution in [-0.2, 0) is 14.3 Å². The van der Waals surface area contributed by atoms with Gasteiger partial charge in [-0.15, -0.1) is 0 Å². The fourth-order valence-electron chi connectivity index (χ4n) is 13.6. The molecule has 8 heteroatoms. The van der Waals surface area contributed by atoms with Crippen LogP contribution in [0.5, 0.6) is 0 Å². The molecule has 0 bridgehead atoms. The van der Waals surface area contributed by atoms with E-state index in [1.807, 2.05) is 0 Å². The lowest BCUT2D eigenvalue weighted by Crippen LogP contribution is -2.67. The number of alkyl carbamates (subject to hydrolysis) is 1. The third kappa shape index (κ3) is 7.76. The standard InChI is InChI=1S/C45H77N3O5/c1-29(2)31-19-24-45(38(51)47-28-16-14-12-13-15-27-46-30(3)37(50)48-39(52)53-40(4,5)6)26-25-43(10)32(36(31)45)17-18-34-42(9)22-21-35(49)41(7,8)33(42)20-23-44(34,43)11/h30-36,46,49H,1,12-28H2,2-11H3,(H,47,51)(H,48,50,52)/t30-,31-,32+,33-,34+,35-,36+,42-,43+,44+,45-/m0/s1. The zero-order valence-corrected chi connectivity index (χ0v) is 35.3. The van der Waals surface area contributed by atoms with E-state index in [2.05, 4.69) is 64.1 Å². The van der Waals surface area contributed by atoms with Crippen LogP contribution in [0.15, 0.2) is 12.2 Å². The molecule has 5 saturated carbocycles. The molecule has 0 spiro atoms. The summed E-state index contributed by atoms with van der Waals surface area (Å²) >= 11 is 0. The Balaban J connectivity index is 1.13. The Morgan fingerprint density at radius 2 is 1.47 bits per heavy atom. The molecule has 0 unspecified atom stereocenters. The lowest BCUT2D eigenvalue weighted by molar-refractivity contribution is -0.246. The van der Waals surface area contributed by atoms with E-state index >= 15 is 0 Å². The van der Waals surface area contributed by atoms with Gasteiger partial charge in [0.1, 0.15) is 5.60 Å². The molecule has 0 heterocycles. The minimum atomic E-state index is -0.719. The van der Waals surface area contributed by atoms with Gasteiger partial charge in [0.25, 0.3) is 0 Å². The normalized spacial score (nSPS) is 39.4. The quantitative estimate of drug-likeness (QED) is 0.117. The smallest absolute Gasteiger partial charge is 0.414 e. The van der Waals surface area contributed by atoms with Gasteiger partial charge in [0.15, 0.2) is 0 Å². The van der Waals surface area contributed by atoms with Gasteiger partial charge < -0.3 is 20.5 Å². The third-order valence-corrected chi connectivity index (χ3v) is 16.6. The van der Waals surface area contributed by atoms with Gasteiger partial charge in [-0.2, -0.15) is 0 Å². The molecular formula is C45H77N3O5. The fourth-order valence-corrected chi connectivity index (χ4v) is 13.6. The molecule has 0 aromatic heterocycles. The Morgan fingerprint density at radius 1 is 0.811 bits per heavy atom. The summed E-state index contributed by atoms with van der Waals surface area (Å²) in [5, 5.41) is 20.1. The van der Waals surface area contributed by atoms with Crippen LogP contribution in [-0.4, -0.2) is 53.9 Å². The lowest BCUT2D eigenvalue weighted by Gasteiger charge is -2.72. The van der Waals surface area contributed by atoms with Crippen LogP contribution in [0.1, 0.15) is 166 Å². The van der Waals surface area contributed by atoms with Crippen molar-refractivity contribution in [2.24, 2.45) is 56.7 Å². The van der Waals surface area contributed by atoms with Crippen molar-refractivity contribution >= 4 is 17.9 Å². The second-order valence-electron chi connectivity index (χ2n) is 20.9. The number of hydrogen-bond donors (Lipinski definition) is 4. The summed E-state index contributed by atoms with van der Waals surface area (Å²) in [4.78, 5) is 38.6. The second-order valence-corrected chi connectivity index (χ2v) is 20.9. The van der Waals surface area contributed by atoms with Crippen molar-refractivity contribution in [3.05, 3.63) is 12.2 Å². The van der Waals surface area contributed by atoms with Crippen LogP contribution >= 0.6 is 0 Å². The van der Waals surface area contributed by atoms with E-state index < -0.39 is 17.7 Å². The van der Waals surface area contributed by atoms with Crippen molar-refractivity contribution in [1.82, 2.24) is 16.0 Å². The Morgan fingerprint density at radius 3 is 2.13 bits per heavy atom. The Kier molecular flexibility index (Phi) is 12.4. The molecule has 4 N–H and O–H groups in total. The predicted octanol–water partition coefficient (Wildman–Crippen LogP) is 9.10. The van der Waals surface area contributed by atoms with Gasteiger partial charge in [-0.1, -0.05) is 66.0 Å². The molecular weight excluding hydrogens is 663 g/mol. The molecule has 0 radical (unpaired) electrons. The van der Waals surface area contributed by atoms with Crippen molar-refractivity contribution in [3.63, 3.8) is 0 Å². The van der Waals surface area contributed by atoms with Crippen LogP contribution in [0.4, 0.5) is 4.79 Å². The summed E-state index contributed by atoms with van der Waals surface area (Å²) < 4.78 is 5.17. The molecule has 0 saturated heterocycles. The first-order valence-corrected chi connectivity index (χ1v) is 21.5. The highest BCUT2D eigenvalue weighted by atomic mass is 16.6. The van der Waals surface area contributed by atoms with E-state index in [0.29, 0.717) is 42.0 Å². The summed E-state index contributed by atoms with van der Waals surface area (Å²) in [7, 11) is 0. The number of allylic oxidation sites excluding steroid dienone is 1. The first-order valence-electron chi connectivity index (χ1n) is 21.5.